The van der Waals surface area contributed by atoms with Crippen LogP contribution < -0.4 is 0 Å². The molecule has 0 aliphatic carbocycles. The van der Waals surface area contributed by atoms with Crippen molar-refractivity contribution >= 4 is 0 Å². The maximum atomic E-state index is 9.42. The number of aliphatic hydroxyl groups is 1. The largest absolute Gasteiger partial charge is 0.374 e. The molecular weight excluding hydrogens is 144 g/mol. The summed E-state index contributed by atoms with van der Waals surface area (Å²) in [6, 6.07) is 0. The summed E-state index contributed by atoms with van der Waals surface area (Å²) in [4.78, 5) is 0. The molecule has 0 aromatic carbocycles. The van der Waals surface area contributed by atoms with E-state index in [9.17, 15) is 5.11 Å². The van der Waals surface area contributed by atoms with Gasteiger partial charge in [0, 0.05) is 11.8 Å². The van der Waals surface area contributed by atoms with Crippen molar-refractivity contribution in [2.75, 3.05) is 6.61 Å². The van der Waals surface area contributed by atoms with Crippen molar-refractivity contribution in [1.82, 2.24) is 0 Å². The molecular formula is C8H12O3. The Morgan fingerprint density at radius 3 is 2.82 bits per heavy atom. The molecule has 3 saturated heterocycles. The summed E-state index contributed by atoms with van der Waals surface area (Å²) in [6.45, 7) is 0.701. The van der Waals surface area contributed by atoms with Crippen molar-refractivity contribution in [3.63, 3.8) is 0 Å². The van der Waals surface area contributed by atoms with Gasteiger partial charge in [-0.25, -0.2) is 0 Å². The zero-order valence-electron chi connectivity index (χ0n) is 6.27. The first-order valence-corrected chi connectivity index (χ1v) is 4.31. The first-order chi connectivity index (χ1) is 5.36. The average Bonchev–Trinajstić information content (AvgIpc) is 2.60. The number of hydrogen-bond acceptors (Lipinski definition) is 3. The van der Waals surface area contributed by atoms with Crippen LogP contribution in [0.25, 0.3) is 0 Å². The van der Waals surface area contributed by atoms with Gasteiger partial charge in [-0.3, -0.25) is 0 Å². The molecule has 0 spiro atoms. The zero-order valence-corrected chi connectivity index (χ0v) is 6.27. The molecule has 0 aromatic heterocycles. The van der Waals surface area contributed by atoms with E-state index >= 15 is 0 Å². The van der Waals surface area contributed by atoms with Crippen LogP contribution in [0.5, 0.6) is 0 Å². The molecule has 0 amide bonds. The van der Waals surface area contributed by atoms with Gasteiger partial charge >= 0.3 is 0 Å². The molecule has 3 aliphatic rings. The van der Waals surface area contributed by atoms with Crippen LogP contribution in [0.15, 0.2) is 0 Å². The Morgan fingerprint density at radius 2 is 2.00 bits per heavy atom. The summed E-state index contributed by atoms with van der Waals surface area (Å²) in [5.41, 5.74) is 0. The van der Waals surface area contributed by atoms with Crippen molar-refractivity contribution in [3.05, 3.63) is 0 Å². The van der Waals surface area contributed by atoms with Gasteiger partial charge in [-0.05, 0) is 12.8 Å². The quantitative estimate of drug-likeness (QED) is 0.541. The third-order valence-electron chi connectivity index (χ3n) is 3.28. The maximum absolute atomic E-state index is 9.42. The van der Waals surface area contributed by atoms with Crippen LogP contribution in [-0.2, 0) is 9.47 Å². The fourth-order valence-electron chi connectivity index (χ4n) is 2.75. The van der Waals surface area contributed by atoms with Crippen LogP contribution in [0.1, 0.15) is 12.8 Å². The van der Waals surface area contributed by atoms with Crippen molar-refractivity contribution in [3.8, 4) is 0 Å². The Balaban J connectivity index is 1.91. The Morgan fingerprint density at radius 1 is 1.18 bits per heavy atom. The van der Waals surface area contributed by atoms with E-state index in [1.165, 1.54) is 6.42 Å². The lowest BCUT2D eigenvalue weighted by Gasteiger charge is -2.19. The fourth-order valence-corrected chi connectivity index (χ4v) is 2.75. The molecule has 3 nitrogen and oxygen atoms in total. The van der Waals surface area contributed by atoms with E-state index in [-0.39, 0.29) is 5.92 Å². The second kappa shape index (κ2) is 1.97. The van der Waals surface area contributed by atoms with Crippen LogP contribution in [0, 0.1) is 11.8 Å². The van der Waals surface area contributed by atoms with Crippen LogP contribution in [0.3, 0.4) is 0 Å². The van der Waals surface area contributed by atoms with E-state index in [4.69, 9.17) is 9.47 Å². The third-order valence-corrected chi connectivity index (χ3v) is 3.28. The van der Waals surface area contributed by atoms with Crippen LogP contribution in [0.4, 0.5) is 0 Å². The molecule has 0 radical (unpaired) electrons. The van der Waals surface area contributed by atoms with Gasteiger partial charge in [0.15, 0.2) is 6.29 Å². The summed E-state index contributed by atoms with van der Waals surface area (Å²) in [5, 5.41) is 9.42. The summed E-state index contributed by atoms with van der Waals surface area (Å²) < 4.78 is 10.8. The molecule has 3 heteroatoms. The number of ether oxygens (including phenoxy) is 2. The monoisotopic (exact) mass is 156 g/mol. The summed E-state index contributed by atoms with van der Waals surface area (Å²) in [7, 11) is 0. The lowest BCUT2D eigenvalue weighted by Crippen LogP contribution is -2.30. The number of aliphatic hydroxyl groups excluding tert-OH is 1. The lowest BCUT2D eigenvalue weighted by atomic mass is 9.81. The smallest absolute Gasteiger partial charge is 0.160 e. The van der Waals surface area contributed by atoms with Crippen LogP contribution in [0.2, 0.25) is 0 Å². The first-order valence-electron chi connectivity index (χ1n) is 4.31. The third kappa shape index (κ3) is 0.687. The van der Waals surface area contributed by atoms with E-state index in [1.807, 2.05) is 0 Å². The van der Waals surface area contributed by atoms with E-state index in [0.29, 0.717) is 24.7 Å². The molecule has 62 valence electrons. The molecule has 2 bridgehead atoms. The topological polar surface area (TPSA) is 38.7 Å². The minimum atomic E-state index is -0.546. The second-order valence-corrected chi connectivity index (χ2v) is 3.76. The highest BCUT2D eigenvalue weighted by atomic mass is 16.6. The highest BCUT2D eigenvalue weighted by Crippen LogP contribution is 2.48. The average molecular weight is 156 g/mol. The van der Waals surface area contributed by atoms with Gasteiger partial charge < -0.3 is 14.6 Å². The van der Waals surface area contributed by atoms with Gasteiger partial charge in [-0.15, -0.1) is 0 Å². The second-order valence-electron chi connectivity index (χ2n) is 3.76. The zero-order chi connectivity index (χ0) is 7.42. The molecule has 0 saturated carbocycles. The highest BCUT2D eigenvalue weighted by Gasteiger charge is 2.55. The van der Waals surface area contributed by atoms with Crippen molar-refractivity contribution in [1.29, 1.82) is 0 Å². The number of hydrogen-bond donors (Lipinski definition) is 1. The Bertz CT molecular complexity index is 182. The SMILES string of the molecule is O[C@H]1OC[C@H]2[C@@H]1[C@H]1CC[C@@H]2O1. The van der Waals surface area contributed by atoms with Gasteiger partial charge in [0.05, 0.1) is 18.8 Å². The predicted octanol–water partition coefficient (Wildman–Crippen LogP) is 0.129. The Labute approximate surface area is 65.3 Å². The molecule has 3 aliphatic heterocycles. The van der Waals surface area contributed by atoms with Crippen molar-refractivity contribution in [2.24, 2.45) is 11.8 Å². The summed E-state index contributed by atoms with van der Waals surface area (Å²) in [5.74, 6) is 0.775. The van der Waals surface area contributed by atoms with Crippen LogP contribution >= 0.6 is 0 Å². The Hall–Kier alpha value is -0.120. The maximum Gasteiger partial charge on any atom is 0.160 e. The minimum absolute atomic E-state index is 0.286. The van der Waals surface area contributed by atoms with Gasteiger partial charge in [0.1, 0.15) is 0 Å². The van der Waals surface area contributed by atoms with Crippen LogP contribution in [-0.4, -0.2) is 30.2 Å². The Kier molecular flexibility index (Phi) is 1.15. The molecule has 0 aromatic rings. The fraction of sp³-hybridized carbons (Fsp3) is 1.00. The molecule has 0 unspecified atom stereocenters. The minimum Gasteiger partial charge on any atom is -0.374 e. The van der Waals surface area contributed by atoms with Gasteiger partial charge in [-0.1, -0.05) is 0 Å². The van der Waals surface area contributed by atoms with Crippen molar-refractivity contribution < 1.29 is 14.6 Å². The molecule has 1 N–H and O–H groups in total. The standard InChI is InChI=1S/C8H12O3/c9-8-7-4(3-10-8)5-1-2-6(7)11-5/h4-9H,1-3H2/t4-,5+,6-,7-,8+/m1/s1. The van der Waals surface area contributed by atoms with Gasteiger partial charge in [-0.2, -0.15) is 0 Å². The predicted molar refractivity (Wildman–Crippen MR) is 36.8 cm³/mol. The molecule has 11 heavy (non-hydrogen) atoms. The van der Waals surface area contributed by atoms with E-state index < -0.39 is 6.29 Å². The lowest BCUT2D eigenvalue weighted by molar-refractivity contribution is -0.105. The van der Waals surface area contributed by atoms with Gasteiger partial charge in [0.25, 0.3) is 0 Å². The van der Waals surface area contributed by atoms with Gasteiger partial charge in [0.2, 0.25) is 0 Å². The number of rotatable bonds is 0. The van der Waals surface area contributed by atoms with E-state index in [2.05, 4.69) is 0 Å². The van der Waals surface area contributed by atoms with E-state index in [1.54, 1.807) is 0 Å². The van der Waals surface area contributed by atoms with Crippen molar-refractivity contribution in [2.45, 2.75) is 31.3 Å². The normalized spacial score (nSPS) is 60.3. The summed E-state index contributed by atoms with van der Waals surface area (Å²) in [6.07, 6.45) is 2.42. The summed E-state index contributed by atoms with van der Waals surface area (Å²) >= 11 is 0. The number of fused-ring (bicyclic) bond motifs is 5. The molecule has 3 fully saturated rings. The molecule has 3 heterocycles. The van der Waals surface area contributed by atoms with E-state index in [0.717, 1.165) is 6.42 Å². The highest BCUT2D eigenvalue weighted by molar-refractivity contribution is 4.99. The molecule has 3 rings (SSSR count). The first kappa shape index (κ1) is 6.40. The molecule has 5 atom stereocenters.